The Morgan fingerprint density at radius 2 is 2.08 bits per heavy atom. The Bertz CT molecular complexity index is 287. The third kappa shape index (κ3) is 1.94. The zero-order chi connectivity index (χ0) is 9.14. The lowest BCUT2D eigenvalue weighted by Crippen LogP contribution is -1.95. The minimum Gasteiger partial charge on any atom is -0.253 e. The van der Waals surface area contributed by atoms with Crippen molar-refractivity contribution in [3.63, 3.8) is 0 Å². The summed E-state index contributed by atoms with van der Waals surface area (Å²) >= 11 is 0. The highest BCUT2D eigenvalue weighted by molar-refractivity contribution is 5.43. The van der Waals surface area contributed by atoms with Gasteiger partial charge in [-0.15, -0.1) is 0 Å². The first-order chi connectivity index (χ1) is 5.63. The van der Waals surface area contributed by atoms with Crippen molar-refractivity contribution in [2.75, 3.05) is 0 Å². The second-order valence-electron chi connectivity index (χ2n) is 3.35. The van der Waals surface area contributed by atoms with Crippen molar-refractivity contribution in [1.29, 1.82) is 0 Å². The van der Waals surface area contributed by atoms with Gasteiger partial charge in [-0.25, -0.2) is 0 Å². The van der Waals surface area contributed by atoms with Gasteiger partial charge < -0.3 is 0 Å². The van der Waals surface area contributed by atoms with Crippen molar-refractivity contribution >= 4 is 6.08 Å². The molecule has 0 amide bonds. The highest BCUT2D eigenvalue weighted by atomic mass is 14.7. The van der Waals surface area contributed by atoms with E-state index in [4.69, 9.17) is 0 Å². The maximum Gasteiger partial charge on any atom is 0.0629 e. The van der Waals surface area contributed by atoms with Crippen molar-refractivity contribution in [1.82, 2.24) is 4.98 Å². The van der Waals surface area contributed by atoms with E-state index in [1.54, 1.807) is 6.08 Å². The maximum absolute atomic E-state index is 4.43. The topological polar surface area (TPSA) is 12.9 Å². The first kappa shape index (κ1) is 8.98. The monoisotopic (exact) mass is 161 g/mol. The summed E-state index contributed by atoms with van der Waals surface area (Å²) in [7, 11) is 0. The van der Waals surface area contributed by atoms with Crippen LogP contribution in [0.2, 0.25) is 0 Å². The average Bonchev–Trinajstić information content (AvgIpc) is 2.03. The maximum atomic E-state index is 4.43. The van der Waals surface area contributed by atoms with Gasteiger partial charge in [0, 0.05) is 5.69 Å². The minimum absolute atomic E-state index is 0.489. The molecule has 0 bridgehead atoms. The van der Waals surface area contributed by atoms with E-state index in [2.05, 4.69) is 38.4 Å². The van der Waals surface area contributed by atoms with E-state index >= 15 is 0 Å². The molecule has 0 aromatic carbocycles. The zero-order valence-electron chi connectivity index (χ0n) is 7.96. The summed E-state index contributed by atoms with van der Waals surface area (Å²) in [6, 6.07) is 4.16. The van der Waals surface area contributed by atoms with Crippen LogP contribution in [-0.4, -0.2) is 4.98 Å². The molecule has 12 heavy (non-hydrogen) atoms. The van der Waals surface area contributed by atoms with Crippen molar-refractivity contribution in [2.24, 2.45) is 0 Å². The van der Waals surface area contributed by atoms with Gasteiger partial charge in [-0.05, 0) is 36.6 Å². The molecule has 0 aliphatic carbocycles. The summed E-state index contributed by atoms with van der Waals surface area (Å²) in [4.78, 5) is 4.43. The lowest BCUT2D eigenvalue weighted by atomic mass is 10.1. The van der Waals surface area contributed by atoms with E-state index in [-0.39, 0.29) is 0 Å². The number of hydrogen-bond acceptors (Lipinski definition) is 1. The number of aryl methyl sites for hydroxylation is 1. The fourth-order valence-electron chi connectivity index (χ4n) is 1.12. The van der Waals surface area contributed by atoms with Crippen LogP contribution in [0.3, 0.4) is 0 Å². The Balaban J connectivity index is 3.14. The van der Waals surface area contributed by atoms with Crippen LogP contribution >= 0.6 is 0 Å². The predicted molar refractivity (Wildman–Crippen MR) is 53.2 cm³/mol. The number of rotatable bonds is 2. The van der Waals surface area contributed by atoms with Gasteiger partial charge in [-0.1, -0.05) is 20.4 Å². The van der Waals surface area contributed by atoms with E-state index in [0.717, 1.165) is 11.4 Å². The Labute approximate surface area is 74.2 Å². The Morgan fingerprint density at radius 1 is 1.42 bits per heavy atom. The zero-order valence-corrected chi connectivity index (χ0v) is 7.96. The van der Waals surface area contributed by atoms with Gasteiger partial charge in [0.15, 0.2) is 0 Å². The molecule has 0 saturated carbocycles. The first-order valence-electron chi connectivity index (χ1n) is 4.24. The minimum atomic E-state index is 0.489. The van der Waals surface area contributed by atoms with Gasteiger partial charge in [0.2, 0.25) is 0 Å². The van der Waals surface area contributed by atoms with Gasteiger partial charge in [-0.3, -0.25) is 4.98 Å². The fourth-order valence-corrected chi connectivity index (χ4v) is 1.12. The molecule has 0 aliphatic heterocycles. The molecule has 0 aliphatic rings. The van der Waals surface area contributed by atoms with Crippen molar-refractivity contribution in [2.45, 2.75) is 26.7 Å². The summed E-state index contributed by atoms with van der Waals surface area (Å²) in [6.07, 6.45) is 1.79. The Hall–Kier alpha value is -1.11. The number of nitrogens with zero attached hydrogens (tertiary/aromatic N) is 1. The van der Waals surface area contributed by atoms with E-state index in [0.29, 0.717) is 5.92 Å². The van der Waals surface area contributed by atoms with Gasteiger partial charge in [0.1, 0.15) is 0 Å². The predicted octanol–water partition coefficient (Wildman–Crippen LogP) is 3.16. The van der Waals surface area contributed by atoms with Crippen molar-refractivity contribution in [3.8, 4) is 0 Å². The molecule has 1 rings (SSSR count). The number of pyridine rings is 1. The molecule has 1 aromatic rings. The fraction of sp³-hybridized carbons (Fsp3) is 0.364. The second kappa shape index (κ2) is 3.53. The van der Waals surface area contributed by atoms with E-state index in [1.165, 1.54) is 5.56 Å². The molecule has 0 atom stereocenters. The summed E-state index contributed by atoms with van der Waals surface area (Å²) in [6.45, 7) is 10.1. The average molecular weight is 161 g/mol. The molecule has 1 heterocycles. The highest BCUT2D eigenvalue weighted by Gasteiger charge is 2.01. The van der Waals surface area contributed by atoms with Crippen molar-refractivity contribution in [3.05, 3.63) is 35.7 Å². The lowest BCUT2D eigenvalue weighted by Gasteiger charge is -2.06. The smallest absolute Gasteiger partial charge is 0.0629 e. The van der Waals surface area contributed by atoms with Gasteiger partial charge in [-0.2, -0.15) is 0 Å². The summed E-state index contributed by atoms with van der Waals surface area (Å²) in [5.74, 6) is 0.489. The molecule has 0 spiro atoms. The van der Waals surface area contributed by atoms with Crippen LogP contribution in [0.1, 0.15) is 36.7 Å². The summed E-state index contributed by atoms with van der Waals surface area (Å²) < 4.78 is 0. The molecule has 1 heteroatoms. The van der Waals surface area contributed by atoms with Crippen molar-refractivity contribution < 1.29 is 0 Å². The normalized spacial score (nSPS) is 10.3. The quantitative estimate of drug-likeness (QED) is 0.649. The van der Waals surface area contributed by atoms with Crippen LogP contribution in [0.5, 0.6) is 0 Å². The van der Waals surface area contributed by atoms with Crippen LogP contribution in [0.15, 0.2) is 18.7 Å². The molecule has 64 valence electrons. The third-order valence-corrected chi connectivity index (χ3v) is 1.81. The SMILES string of the molecule is C=Cc1cc(C)cc(C(C)C)n1. The van der Waals surface area contributed by atoms with Gasteiger partial charge >= 0.3 is 0 Å². The second-order valence-corrected chi connectivity index (χ2v) is 3.35. The lowest BCUT2D eigenvalue weighted by molar-refractivity contribution is 0.818. The van der Waals surface area contributed by atoms with Crippen LogP contribution in [0.25, 0.3) is 6.08 Å². The highest BCUT2D eigenvalue weighted by Crippen LogP contribution is 2.14. The van der Waals surface area contributed by atoms with Gasteiger partial charge in [0.05, 0.1) is 5.69 Å². The molecule has 0 N–H and O–H groups in total. The third-order valence-electron chi connectivity index (χ3n) is 1.81. The molecule has 1 nitrogen and oxygen atoms in total. The van der Waals surface area contributed by atoms with Gasteiger partial charge in [0.25, 0.3) is 0 Å². The summed E-state index contributed by atoms with van der Waals surface area (Å²) in [5, 5.41) is 0. The molecule has 0 radical (unpaired) electrons. The molecular formula is C11H15N. The van der Waals surface area contributed by atoms with Crippen LogP contribution in [-0.2, 0) is 0 Å². The van der Waals surface area contributed by atoms with Crippen LogP contribution < -0.4 is 0 Å². The van der Waals surface area contributed by atoms with E-state index < -0.39 is 0 Å². The molecule has 0 unspecified atom stereocenters. The number of hydrogen-bond donors (Lipinski definition) is 0. The molecule has 1 aromatic heterocycles. The Kier molecular flexibility index (Phi) is 2.64. The standard InChI is InChI=1S/C11H15N/c1-5-10-6-9(4)7-11(12-10)8(2)3/h5-8H,1H2,2-4H3. The molecule has 0 fully saturated rings. The first-order valence-corrected chi connectivity index (χ1v) is 4.24. The van der Waals surface area contributed by atoms with Crippen LogP contribution in [0, 0.1) is 6.92 Å². The summed E-state index contributed by atoms with van der Waals surface area (Å²) in [5.41, 5.74) is 3.37. The Morgan fingerprint density at radius 3 is 2.58 bits per heavy atom. The molecular weight excluding hydrogens is 146 g/mol. The van der Waals surface area contributed by atoms with Crippen LogP contribution in [0.4, 0.5) is 0 Å². The van der Waals surface area contributed by atoms with E-state index in [1.807, 2.05) is 6.07 Å². The largest absolute Gasteiger partial charge is 0.253 e. The molecule has 0 saturated heterocycles. The number of aromatic nitrogens is 1. The van der Waals surface area contributed by atoms with E-state index in [9.17, 15) is 0 Å².